The van der Waals surface area contributed by atoms with Gasteiger partial charge in [-0.3, -0.25) is 0 Å². The molecule has 1 aromatic rings. The molecule has 0 saturated heterocycles. The topological polar surface area (TPSA) is 0 Å². The highest BCUT2D eigenvalue weighted by Crippen LogP contribution is 2.37. The number of rotatable bonds is 4. The third-order valence-electron chi connectivity index (χ3n) is 1.74. The van der Waals surface area contributed by atoms with Gasteiger partial charge in [-0.05, 0) is 5.56 Å². The smallest absolute Gasteiger partial charge is 0.108 e. The van der Waals surface area contributed by atoms with Crippen molar-refractivity contribution in [2.24, 2.45) is 0 Å². The molecule has 17 heavy (non-hydrogen) atoms. The van der Waals surface area contributed by atoms with Crippen LogP contribution in [0.2, 0.25) is 0 Å². The Morgan fingerprint density at radius 2 is 1.47 bits per heavy atom. The van der Waals surface area contributed by atoms with Crippen LogP contribution in [0.5, 0.6) is 0 Å². The predicted octanol–water partition coefficient (Wildman–Crippen LogP) is 6.45. The Morgan fingerprint density at radius 1 is 0.882 bits per heavy atom. The molecular weight excluding hydrogens is 341 g/mol. The average molecular weight is 349 g/mol. The Bertz CT molecular complexity index is 434. The number of allylic oxidation sites excluding steroid dienone is 2. The van der Waals surface area contributed by atoms with Crippen LogP contribution in [0.15, 0.2) is 49.3 Å². The largest absolute Gasteiger partial charge is 0.127 e. The Labute approximate surface area is 130 Å². The van der Waals surface area contributed by atoms with Gasteiger partial charge < -0.3 is 0 Å². The Hall–Kier alpha value is 0.500. The lowest BCUT2D eigenvalue weighted by Crippen LogP contribution is -1.81. The van der Waals surface area contributed by atoms with Crippen LogP contribution in [0.1, 0.15) is 5.56 Å². The Kier molecular flexibility index (Phi) is 7.17. The highest BCUT2D eigenvalue weighted by Gasteiger charge is 2.10. The molecule has 92 valence electrons. The lowest BCUT2D eigenvalue weighted by atomic mass is 10.2. The van der Waals surface area contributed by atoms with E-state index >= 15 is 0 Å². The minimum Gasteiger partial charge on any atom is -0.108 e. The number of thioether (sulfide) groups is 1. The minimum atomic E-state index is -0.102. The molecule has 0 aromatic heterocycles. The number of halogens is 5. The van der Waals surface area contributed by atoms with Crippen LogP contribution in [0.3, 0.4) is 0 Å². The lowest BCUT2D eigenvalue weighted by molar-refractivity contribution is 1.42. The van der Waals surface area contributed by atoms with Gasteiger partial charge in [-0.2, -0.15) is 0 Å². The summed E-state index contributed by atoms with van der Waals surface area (Å²) in [6.07, 6.45) is 0. The molecule has 0 spiro atoms. The summed E-state index contributed by atoms with van der Waals surface area (Å²) in [4.78, 5) is 0. The molecule has 0 radical (unpaired) electrons. The fourth-order valence-electron chi connectivity index (χ4n) is 0.954. The molecule has 0 bridgehead atoms. The molecule has 0 nitrogen and oxygen atoms in total. The number of hydrogen-bond acceptors (Lipinski definition) is 1. The summed E-state index contributed by atoms with van der Waals surface area (Å²) in [5.74, 6) is 0.694. The first-order valence-electron chi connectivity index (χ1n) is 4.45. The normalized spacial score (nSPS) is 12.1. The van der Waals surface area contributed by atoms with Crippen LogP contribution in [-0.2, 0) is 5.75 Å². The number of hydrogen-bond donors (Lipinski definition) is 0. The summed E-state index contributed by atoms with van der Waals surface area (Å²) in [6, 6.07) is 9.86. The first-order chi connectivity index (χ1) is 8.02. The predicted molar refractivity (Wildman–Crippen MR) is 81.1 cm³/mol. The van der Waals surface area contributed by atoms with Gasteiger partial charge >= 0.3 is 0 Å². The van der Waals surface area contributed by atoms with E-state index in [2.05, 4.69) is 0 Å². The zero-order valence-corrected chi connectivity index (χ0v) is 13.0. The quantitative estimate of drug-likeness (QED) is 0.563. The second-order valence-electron chi connectivity index (χ2n) is 2.94. The van der Waals surface area contributed by atoms with Crippen molar-refractivity contribution in [1.82, 2.24) is 0 Å². The molecule has 0 unspecified atom stereocenters. The van der Waals surface area contributed by atoms with Gasteiger partial charge in [0.05, 0.1) is 14.4 Å². The van der Waals surface area contributed by atoms with E-state index in [1.807, 2.05) is 30.3 Å². The van der Waals surface area contributed by atoms with E-state index in [1.165, 1.54) is 11.8 Å². The molecule has 0 saturated carbocycles. The van der Waals surface area contributed by atoms with Crippen LogP contribution in [0, 0.1) is 0 Å². The first-order valence-corrected chi connectivity index (χ1v) is 7.33. The van der Waals surface area contributed by atoms with Crippen LogP contribution in [0.4, 0.5) is 0 Å². The van der Waals surface area contributed by atoms with Gasteiger partial charge in [0.2, 0.25) is 0 Å². The highest BCUT2D eigenvalue weighted by molar-refractivity contribution is 8.03. The Balaban J connectivity index is 2.70. The standard InChI is InChI=1S/C11H7Cl5S/c12-8(10(14)15)9(13)11(16)17-6-7-4-2-1-3-5-7/h1-5H,6H2. The minimum absolute atomic E-state index is 0.0561. The third-order valence-corrected chi connectivity index (χ3v) is 4.82. The van der Waals surface area contributed by atoms with E-state index < -0.39 is 0 Å². The molecular formula is C11H7Cl5S. The first kappa shape index (κ1) is 15.6. The molecule has 0 amide bonds. The summed E-state index contributed by atoms with van der Waals surface area (Å²) in [6.45, 7) is 0. The average Bonchev–Trinajstić information content (AvgIpc) is 2.35. The van der Waals surface area contributed by atoms with Gasteiger partial charge in [-0.15, -0.1) is 11.8 Å². The van der Waals surface area contributed by atoms with Crippen LogP contribution < -0.4 is 0 Å². The van der Waals surface area contributed by atoms with Gasteiger partial charge in [-0.1, -0.05) is 88.3 Å². The summed E-state index contributed by atoms with van der Waals surface area (Å²) in [5, 5.41) is 0.217. The summed E-state index contributed by atoms with van der Waals surface area (Å²) in [5.41, 5.74) is 1.14. The van der Waals surface area contributed by atoms with Crippen LogP contribution in [-0.4, -0.2) is 0 Å². The fourth-order valence-corrected chi connectivity index (χ4v) is 2.67. The second kappa shape index (κ2) is 7.83. The van der Waals surface area contributed by atoms with Crippen molar-refractivity contribution in [2.75, 3.05) is 0 Å². The molecule has 0 fully saturated rings. The van der Waals surface area contributed by atoms with Crippen molar-refractivity contribution >= 4 is 69.8 Å². The van der Waals surface area contributed by atoms with E-state index in [-0.39, 0.29) is 14.6 Å². The van der Waals surface area contributed by atoms with Crippen LogP contribution in [0.25, 0.3) is 0 Å². The molecule has 1 rings (SSSR count). The molecule has 0 aliphatic rings. The number of benzene rings is 1. The van der Waals surface area contributed by atoms with Gasteiger partial charge in [0.15, 0.2) is 0 Å². The van der Waals surface area contributed by atoms with Crippen molar-refractivity contribution in [3.63, 3.8) is 0 Å². The molecule has 0 atom stereocenters. The zero-order chi connectivity index (χ0) is 12.8. The summed E-state index contributed by atoms with van der Waals surface area (Å²) >= 11 is 30.1. The maximum absolute atomic E-state index is 5.99. The molecule has 0 heterocycles. The van der Waals surface area contributed by atoms with E-state index in [0.717, 1.165) is 5.56 Å². The van der Waals surface area contributed by atoms with Gasteiger partial charge in [-0.25, -0.2) is 0 Å². The van der Waals surface area contributed by atoms with Crippen molar-refractivity contribution in [2.45, 2.75) is 5.75 Å². The van der Waals surface area contributed by atoms with Gasteiger partial charge in [0.1, 0.15) is 4.49 Å². The molecule has 0 aliphatic heterocycles. The summed E-state index contributed by atoms with van der Waals surface area (Å²) in [7, 11) is 0. The lowest BCUT2D eigenvalue weighted by Gasteiger charge is -2.03. The molecule has 0 N–H and O–H groups in total. The highest BCUT2D eigenvalue weighted by atomic mass is 35.5. The van der Waals surface area contributed by atoms with Crippen molar-refractivity contribution in [3.05, 3.63) is 54.8 Å². The molecule has 1 aromatic carbocycles. The van der Waals surface area contributed by atoms with Gasteiger partial charge in [0, 0.05) is 5.75 Å². The van der Waals surface area contributed by atoms with Crippen LogP contribution >= 0.6 is 69.8 Å². The molecule has 0 aliphatic carbocycles. The Morgan fingerprint density at radius 3 is 2.00 bits per heavy atom. The zero-order valence-electron chi connectivity index (χ0n) is 8.39. The fraction of sp³-hybridized carbons (Fsp3) is 0.0909. The van der Waals surface area contributed by atoms with Crippen molar-refractivity contribution < 1.29 is 0 Å². The third kappa shape index (κ3) is 5.34. The van der Waals surface area contributed by atoms with E-state index in [1.54, 1.807) is 0 Å². The SMILES string of the molecule is ClC(Cl)=C(Cl)C(Cl)=C(Cl)SCc1ccccc1. The van der Waals surface area contributed by atoms with Crippen molar-refractivity contribution in [1.29, 1.82) is 0 Å². The van der Waals surface area contributed by atoms with Gasteiger partial charge in [0.25, 0.3) is 0 Å². The van der Waals surface area contributed by atoms with E-state index in [4.69, 9.17) is 58.0 Å². The summed E-state index contributed by atoms with van der Waals surface area (Å²) < 4.78 is 0.259. The second-order valence-corrected chi connectivity index (χ2v) is 6.23. The molecule has 6 heteroatoms. The van der Waals surface area contributed by atoms with E-state index in [0.29, 0.717) is 10.1 Å². The van der Waals surface area contributed by atoms with E-state index in [9.17, 15) is 0 Å². The maximum atomic E-state index is 5.99. The van der Waals surface area contributed by atoms with Crippen molar-refractivity contribution in [3.8, 4) is 0 Å². The maximum Gasteiger partial charge on any atom is 0.127 e. The monoisotopic (exact) mass is 346 g/mol.